The van der Waals surface area contributed by atoms with E-state index in [2.05, 4.69) is 20.4 Å². The van der Waals surface area contributed by atoms with Crippen LogP contribution in [-0.2, 0) is 4.74 Å². The van der Waals surface area contributed by atoms with Crippen LogP contribution in [-0.4, -0.2) is 33.5 Å². The summed E-state index contributed by atoms with van der Waals surface area (Å²) in [7, 11) is 1.68. The summed E-state index contributed by atoms with van der Waals surface area (Å²) in [6.45, 7) is 2.54. The topological polar surface area (TPSA) is 78.0 Å². The van der Waals surface area contributed by atoms with Crippen LogP contribution in [0.3, 0.4) is 0 Å². The molecule has 3 aromatic rings. The maximum Gasteiger partial charge on any atom is 0.173 e. The van der Waals surface area contributed by atoms with Crippen molar-refractivity contribution in [2.75, 3.05) is 19.0 Å². The van der Waals surface area contributed by atoms with Gasteiger partial charge in [-0.1, -0.05) is 0 Å². The van der Waals surface area contributed by atoms with Crippen LogP contribution in [0.15, 0.2) is 47.4 Å². The lowest BCUT2D eigenvalue weighted by Gasteiger charge is -2.17. The third-order valence-corrected chi connectivity index (χ3v) is 3.40. The van der Waals surface area contributed by atoms with Crippen LogP contribution < -0.4 is 5.32 Å². The summed E-state index contributed by atoms with van der Waals surface area (Å²) >= 11 is 0. The van der Waals surface area contributed by atoms with Gasteiger partial charge in [-0.3, -0.25) is 4.98 Å². The van der Waals surface area contributed by atoms with Gasteiger partial charge in [0, 0.05) is 26.1 Å². The van der Waals surface area contributed by atoms with Crippen molar-refractivity contribution < 1.29 is 9.15 Å². The normalized spacial score (nSPS) is 12.3. The van der Waals surface area contributed by atoms with Crippen molar-refractivity contribution in [2.24, 2.45) is 0 Å². The fourth-order valence-corrected chi connectivity index (χ4v) is 2.28. The maximum absolute atomic E-state index is 5.73. The minimum Gasteiger partial charge on any atom is -0.464 e. The lowest BCUT2D eigenvalue weighted by molar-refractivity contribution is 0.187. The summed E-state index contributed by atoms with van der Waals surface area (Å²) in [5.41, 5.74) is 0. The first kappa shape index (κ1) is 15.2. The smallest absolute Gasteiger partial charge is 0.173 e. The average Bonchev–Trinajstić information content (AvgIpc) is 3.23. The Hall–Kier alpha value is -2.67. The highest BCUT2D eigenvalue weighted by molar-refractivity contribution is 5.38. The molecule has 0 saturated heterocycles. The van der Waals surface area contributed by atoms with Gasteiger partial charge in [0.1, 0.15) is 17.3 Å². The molecule has 0 aliphatic heterocycles. The molecule has 0 bridgehead atoms. The number of aromatic nitrogens is 4. The molecule has 7 nitrogen and oxygen atoms in total. The van der Waals surface area contributed by atoms with Crippen molar-refractivity contribution in [3.63, 3.8) is 0 Å². The van der Waals surface area contributed by atoms with E-state index in [4.69, 9.17) is 9.15 Å². The Bertz CT molecular complexity index is 739. The van der Waals surface area contributed by atoms with Gasteiger partial charge < -0.3 is 14.5 Å². The van der Waals surface area contributed by atoms with Gasteiger partial charge in [0.25, 0.3) is 0 Å². The highest BCUT2D eigenvalue weighted by Crippen LogP contribution is 2.23. The summed E-state index contributed by atoms with van der Waals surface area (Å²) in [6, 6.07) is 5.72. The second-order valence-electron chi connectivity index (χ2n) is 5.14. The van der Waals surface area contributed by atoms with E-state index in [1.807, 2.05) is 31.3 Å². The summed E-state index contributed by atoms with van der Waals surface area (Å²) < 4.78 is 12.6. The zero-order chi connectivity index (χ0) is 16.1. The first-order valence-electron chi connectivity index (χ1n) is 7.40. The van der Waals surface area contributed by atoms with Crippen LogP contribution in [0.1, 0.15) is 24.0 Å². The molecular weight excluding hydrogens is 294 g/mol. The van der Waals surface area contributed by atoms with Gasteiger partial charge in [0.05, 0.1) is 18.4 Å². The fraction of sp³-hybridized carbons (Fsp3) is 0.312. The monoisotopic (exact) mass is 313 g/mol. The molecule has 0 fully saturated rings. The van der Waals surface area contributed by atoms with E-state index in [-0.39, 0.29) is 6.04 Å². The third kappa shape index (κ3) is 3.75. The first-order chi connectivity index (χ1) is 11.3. The summed E-state index contributed by atoms with van der Waals surface area (Å²) in [5, 5.41) is 7.52. The van der Waals surface area contributed by atoms with E-state index in [1.54, 1.807) is 30.4 Å². The molecule has 0 amide bonds. The van der Waals surface area contributed by atoms with Crippen molar-refractivity contribution in [1.29, 1.82) is 0 Å². The number of anilines is 1. The number of furan rings is 1. The fourth-order valence-electron chi connectivity index (χ4n) is 2.28. The summed E-state index contributed by atoms with van der Waals surface area (Å²) in [4.78, 5) is 8.76. The molecule has 3 rings (SSSR count). The molecule has 3 heterocycles. The van der Waals surface area contributed by atoms with E-state index in [0.717, 1.165) is 17.9 Å². The molecule has 0 radical (unpaired) electrons. The standard InChI is InChI=1S/C16H19N5O2/c1-12-4-5-14(23-12)13(6-9-22-2)19-15-10-17-11-16(20-15)21-8-3-7-18-21/h3-5,7-8,10-11,13H,6,9H2,1-2H3,(H,19,20). The largest absolute Gasteiger partial charge is 0.464 e. The van der Waals surface area contributed by atoms with Crippen molar-refractivity contribution in [3.8, 4) is 5.82 Å². The number of hydrogen-bond donors (Lipinski definition) is 1. The van der Waals surface area contributed by atoms with E-state index in [9.17, 15) is 0 Å². The number of nitrogens with one attached hydrogen (secondary N) is 1. The van der Waals surface area contributed by atoms with Crippen molar-refractivity contribution in [2.45, 2.75) is 19.4 Å². The van der Waals surface area contributed by atoms with Crippen molar-refractivity contribution >= 4 is 5.82 Å². The average molecular weight is 313 g/mol. The minimum atomic E-state index is -0.0363. The zero-order valence-corrected chi connectivity index (χ0v) is 13.1. The van der Waals surface area contributed by atoms with Gasteiger partial charge in [-0.2, -0.15) is 5.10 Å². The third-order valence-electron chi connectivity index (χ3n) is 3.40. The van der Waals surface area contributed by atoms with Gasteiger partial charge in [-0.15, -0.1) is 0 Å². The molecule has 0 aromatic carbocycles. The highest BCUT2D eigenvalue weighted by Gasteiger charge is 2.16. The Morgan fingerprint density at radius 3 is 2.96 bits per heavy atom. The second-order valence-corrected chi connectivity index (χ2v) is 5.14. The second kappa shape index (κ2) is 7.06. The molecule has 1 unspecified atom stereocenters. The molecule has 3 aromatic heterocycles. The molecule has 7 heteroatoms. The Morgan fingerprint density at radius 2 is 2.26 bits per heavy atom. The van der Waals surface area contributed by atoms with Crippen LogP contribution in [0, 0.1) is 6.92 Å². The van der Waals surface area contributed by atoms with E-state index < -0.39 is 0 Å². The molecule has 1 atom stereocenters. The van der Waals surface area contributed by atoms with Gasteiger partial charge in [0.2, 0.25) is 0 Å². The van der Waals surface area contributed by atoms with E-state index in [1.165, 1.54) is 0 Å². The first-order valence-corrected chi connectivity index (χ1v) is 7.40. The molecule has 0 spiro atoms. The van der Waals surface area contributed by atoms with Crippen molar-refractivity contribution in [1.82, 2.24) is 19.7 Å². The lowest BCUT2D eigenvalue weighted by atomic mass is 10.1. The number of rotatable bonds is 7. The Labute approximate surface area is 134 Å². The van der Waals surface area contributed by atoms with Crippen LogP contribution in [0.5, 0.6) is 0 Å². The van der Waals surface area contributed by atoms with E-state index >= 15 is 0 Å². The molecule has 0 aliphatic carbocycles. The van der Waals surface area contributed by atoms with Crippen LogP contribution in [0.25, 0.3) is 5.82 Å². The van der Waals surface area contributed by atoms with Gasteiger partial charge in [-0.25, -0.2) is 9.67 Å². The maximum atomic E-state index is 5.73. The number of ether oxygens (including phenoxy) is 1. The molecular formula is C16H19N5O2. The Morgan fingerprint density at radius 1 is 1.35 bits per heavy atom. The lowest BCUT2D eigenvalue weighted by Crippen LogP contribution is -2.14. The number of aryl methyl sites for hydroxylation is 1. The van der Waals surface area contributed by atoms with Crippen LogP contribution in [0.2, 0.25) is 0 Å². The van der Waals surface area contributed by atoms with E-state index in [0.29, 0.717) is 18.2 Å². The van der Waals surface area contributed by atoms with Crippen molar-refractivity contribution in [3.05, 3.63) is 54.5 Å². The Balaban J connectivity index is 1.80. The predicted octanol–water partition coefficient (Wildman–Crippen LogP) is 2.75. The van der Waals surface area contributed by atoms with Crippen LogP contribution in [0.4, 0.5) is 5.82 Å². The number of hydrogen-bond acceptors (Lipinski definition) is 6. The molecule has 23 heavy (non-hydrogen) atoms. The molecule has 0 aliphatic rings. The summed E-state index contributed by atoms with van der Waals surface area (Å²) in [6.07, 6.45) is 7.64. The van der Waals surface area contributed by atoms with Gasteiger partial charge in [-0.05, 0) is 31.5 Å². The number of nitrogens with zero attached hydrogens (tertiary/aromatic N) is 4. The predicted molar refractivity (Wildman–Crippen MR) is 85.5 cm³/mol. The summed E-state index contributed by atoms with van der Waals surface area (Å²) in [5.74, 6) is 3.04. The van der Waals surface area contributed by atoms with Crippen LogP contribution >= 0.6 is 0 Å². The molecule has 0 saturated carbocycles. The Kier molecular flexibility index (Phi) is 4.68. The minimum absolute atomic E-state index is 0.0363. The quantitative estimate of drug-likeness (QED) is 0.722. The number of methoxy groups -OCH3 is 1. The van der Waals surface area contributed by atoms with Gasteiger partial charge in [0.15, 0.2) is 5.82 Å². The zero-order valence-electron chi connectivity index (χ0n) is 13.1. The molecule has 1 N–H and O–H groups in total. The molecule has 120 valence electrons. The van der Waals surface area contributed by atoms with Gasteiger partial charge >= 0.3 is 0 Å². The SMILES string of the molecule is COCCC(Nc1cncc(-n2cccn2)n1)c1ccc(C)o1. The highest BCUT2D eigenvalue weighted by atomic mass is 16.5.